The Bertz CT molecular complexity index is 770. The average Bonchev–Trinajstić information content (AvgIpc) is 2.60. The first-order valence-electron chi connectivity index (χ1n) is 8.41. The molecule has 0 saturated carbocycles. The second kappa shape index (κ2) is 8.28. The second-order valence-corrected chi connectivity index (χ2v) is 6.71. The van der Waals surface area contributed by atoms with Gasteiger partial charge in [-0.15, -0.1) is 0 Å². The van der Waals surface area contributed by atoms with Crippen molar-refractivity contribution >= 4 is 23.6 Å². The Balaban J connectivity index is 1.50. The molecule has 0 spiro atoms. The van der Waals surface area contributed by atoms with Crippen molar-refractivity contribution in [1.29, 1.82) is 0 Å². The largest absolute Gasteiger partial charge is 0.328 e. The second-order valence-electron chi connectivity index (χ2n) is 6.27. The smallest absolute Gasteiger partial charge is 0.246 e. The molecule has 25 heavy (non-hydrogen) atoms. The van der Waals surface area contributed by atoms with Crippen molar-refractivity contribution in [2.45, 2.75) is 6.54 Å². The molecule has 1 aliphatic heterocycles. The van der Waals surface area contributed by atoms with Gasteiger partial charge in [0, 0.05) is 16.7 Å². The molecule has 0 aliphatic carbocycles. The molecule has 1 N–H and O–H groups in total. The molecule has 1 aliphatic rings. The van der Waals surface area contributed by atoms with E-state index in [4.69, 9.17) is 11.6 Å². The highest BCUT2D eigenvalue weighted by Gasteiger charge is 2.22. The molecule has 2 aromatic rings. The first-order valence-corrected chi connectivity index (χ1v) is 8.78. The van der Waals surface area contributed by atoms with Gasteiger partial charge in [-0.05, 0) is 35.9 Å². The Labute approximate surface area is 152 Å². The SMILES string of the molecule is O=C(/C=C/c1cccc(F)c1)N1CC[NH+](Cc2cccc(Cl)c2)CC1. The predicted octanol–water partition coefficient (Wildman–Crippen LogP) is 2.42. The van der Waals surface area contributed by atoms with Crippen LogP contribution in [0.1, 0.15) is 11.1 Å². The molecule has 1 fully saturated rings. The lowest BCUT2D eigenvalue weighted by Crippen LogP contribution is -3.13. The summed E-state index contributed by atoms with van der Waals surface area (Å²) in [6.07, 6.45) is 3.19. The van der Waals surface area contributed by atoms with Crippen LogP contribution in [0, 0.1) is 5.82 Å². The summed E-state index contributed by atoms with van der Waals surface area (Å²) in [7, 11) is 0. The van der Waals surface area contributed by atoms with Crippen molar-refractivity contribution < 1.29 is 14.1 Å². The third kappa shape index (κ3) is 5.15. The summed E-state index contributed by atoms with van der Waals surface area (Å²) >= 11 is 6.03. The number of carbonyl (C=O) groups is 1. The van der Waals surface area contributed by atoms with Crippen molar-refractivity contribution in [3.63, 3.8) is 0 Å². The molecule has 1 saturated heterocycles. The van der Waals surface area contributed by atoms with Gasteiger partial charge in [-0.2, -0.15) is 0 Å². The molecular weight excluding hydrogens is 339 g/mol. The van der Waals surface area contributed by atoms with Crippen LogP contribution in [0.3, 0.4) is 0 Å². The van der Waals surface area contributed by atoms with Crippen LogP contribution in [0.4, 0.5) is 4.39 Å². The summed E-state index contributed by atoms with van der Waals surface area (Å²) in [6.45, 7) is 4.18. The fraction of sp³-hybridized carbons (Fsp3) is 0.250. The van der Waals surface area contributed by atoms with Crippen LogP contribution in [0.5, 0.6) is 0 Å². The molecular formula is C20H21ClFN2O+. The lowest BCUT2D eigenvalue weighted by Gasteiger charge is -2.31. The van der Waals surface area contributed by atoms with Gasteiger partial charge >= 0.3 is 0 Å². The van der Waals surface area contributed by atoms with E-state index in [1.165, 1.54) is 28.7 Å². The Morgan fingerprint density at radius 1 is 1.16 bits per heavy atom. The molecule has 0 aromatic heterocycles. The van der Waals surface area contributed by atoms with E-state index in [2.05, 4.69) is 6.07 Å². The quantitative estimate of drug-likeness (QED) is 0.833. The van der Waals surface area contributed by atoms with Crippen LogP contribution >= 0.6 is 11.6 Å². The number of hydrogen-bond acceptors (Lipinski definition) is 1. The first-order chi connectivity index (χ1) is 12.1. The third-order valence-electron chi connectivity index (χ3n) is 4.39. The molecule has 3 nitrogen and oxygen atoms in total. The normalized spacial score (nSPS) is 15.7. The van der Waals surface area contributed by atoms with Gasteiger partial charge in [0.1, 0.15) is 12.4 Å². The molecule has 2 aromatic carbocycles. The van der Waals surface area contributed by atoms with Crippen LogP contribution in [0.15, 0.2) is 54.6 Å². The zero-order valence-electron chi connectivity index (χ0n) is 13.9. The van der Waals surface area contributed by atoms with E-state index in [0.29, 0.717) is 5.56 Å². The highest BCUT2D eigenvalue weighted by atomic mass is 35.5. The van der Waals surface area contributed by atoms with Crippen LogP contribution in [-0.2, 0) is 11.3 Å². The summed E-state index contributed by atoms with van der Waals surface area (Å²) in [5, 5.41) is 0.758. The van der Waals surface area contributed by atoms with Gasteiger partial charge < -0.3 is 9.80 Å². The Morgan fingerprint density at radius 3 is 2.64 bits per heavy atom. The van der Waals surface area contributed by atoms with E-state index in [0.717, 1.165) is 37.7 Å². The number of hydrogen-bond donors (Lipinski definition) is 1. The van der Waals surface area contributed by atoms with E-state index < -0.39 is 0 Å². The minimum absolute atomic E-state index is 0.0222. The van der Waals surface area contributed by atoms with Crippen molar-refractivity contribution in [3.05, 3.63) is 76.6 Å². The number of benzene rings is 2. The summed E-state index contributed by atoms with van der Waals surface area (Å²) < 4.78 is 13.2. The molecule has 1 amide bonds. The molecule has 5 heteroatoms. The Kier molecular flexibility index (Phi) is 5.84. The fourth-order valence-electron chi connectivity index (χ4n) is 3.04. The molecule has 130 valence electrons. The maximum Gasteiger partial charge on any atom is 0.246 e. The van der Waals surface area contributed by atoms with Gasteiger partial charge in [-0.25, -0.2) is 4.39 Å². The number of nitrogens with one attached hydrogen (secondary N) is 1. The van der Waals surface area contributed by atoms with Gasteiger partial charge in [0.2, 0.25) is 5.91 Å². The van der Waals surface area contributed by atoms with Crippen molar-refractivity contribution in [2.75, 3.05) is 26.2 Å². The standard InChI is InChI=1S/C20H20ClFN2O/c21-18-5-1-4-17(13-18)15-23-9-11-24(12-10-23)20(25)8-7-16-3-2-6-19(22)14-16/h1-8,13-14H,9-12,15H2/p+1/b8-7+. The van der Waals surface area contributed by atoms with Crippen LogP contribution in [0.25, 0.3) is 6.08 Å². The zero-order chi connectivity index (χ0) is 17.6. The first kappa shape index (κ1) is 17.6. The Morgan fingerprint density at radius 2 is 1.92 bits per heavy atom. The number of quaternary nitrogens is 1. The maximum absolute atomic E-state index is 13.2. The number of carbonyl (C=O) groups excluding carboxylic acids is 1. The number of halogens is 2. The zero-order valence-corrected chi connectivity index (χ0v) is 14.7. The molecule has 1 heterocycles. The topological polar surface area (TPSA) is 24.8 Å². The highest BCUT2D eigenvalue weighted by molar-refractivity contribution is 6.30. The van der Waals surface area contributed by atoms with Gasteiger partial charge in [0.05, 0.1) is 26.2 Å². The van der Waals surface area contributed by atoms with E-state index in [1.54, 1.807) is 18.2 Å². The van der Waals surface area contributed by atoms with Crippen LogP contribution in [0.2, 0.25) is 5.02 Å². The van der Waals surface area contributed by atoms with Crippen molar-refractivity contribution in [1.82, 2.24) is 4.90 Å². The number of rotatable bonds is 4. The van der Waals surface area contributed by atoms with E-state index in [-0.39, 0.29) is 11.7 Å². The van der Waals surface area contributed by atoms with Gasteiger partial charge in [-0.1, -0.05) is 35.9 Å². The summed E-state index contributed by atoms with van der Waals surface area (Å²) in [4.78, 5) is 15.6. The molecule has 0 bridgehead atoms. The lowest BCUT2D eigenvalue weighted by molar-refractivity contribution is -0.917. The van der Waals surface area contributed by atoms with Crippen molar-refractivity contribution in [2.24, 2.45) is 0 Å². The van der Waals surface area contributed by atoms with E-state index in [9.17, 15) is 9.18 Å². The third-order valence-corrected chi connectivity index (χ3v) is 4.63. The van der Waals surface area contributed by atoms with Gasteiger partial charge in [0.15, 0.2) is 0 Å². The summed E-state index contributed by atoms with van der Waals surface area (Å²) in [6, 6.07) is 14.1. The average molecular weight is 360 g/mol. The molecule has 0 radical (unpaired) electrons. The van der Waals surface area contributed by atoms with Crippen LogP contribution < -0.4 is 4.90 Å². The number of nitrogens with zero attached hydrogens (tertiary/aromatic N) is 1. The highest BCUT2D eigenvalue weighted by Crippen LogP contribution is 2.10. The molecule has 0 atom stereocenters. The monoisotopic (exact) mass is 359 g/mol. The minimum atomic E-state index is -0.298. The predicted molar refractivity (Wildman–Crippen MR) is 97.9 cm³/mol. The lowest BCUT2D eigenvalue weighted by atomic mass is 10.2. The molecule has 0 unspecified atom stereocenters. The summed E-state index contributed by atoms with van der Waals surface area (Å²) in [5.74, 6) is -0.320. The van der Waals surface area contributed by atoms with E-state index in [1.807, 2.05) is 23.1 Å². The van der Waals surface area contributed by atoms with Gasteiger partial charge in [-0.3, -0.25) is 4.79 Å². The van der Waals surface area contributed by atoms with E-state index >= 15 is 0 Å². The van der Waals surface area contributed by atoms with Crippen molar-refractivity contribution in [3.8, 4) is 0 Å². The number of piperazine rings is 1. The van der Waals surface area contributed by atoms with Crippen LogP contribution in [-0.4, -0.2) is 37.0 Å². The Hall–Kier alpha value is -2.17. The van der Waals surface area contributed by atoms with Gasteiger partial charge in [0.25, 0.3) is 0 Å². The maximum atomic E-state index is 13.2. The minimum Gasteiger partial charge on any atom is -0.328 e. The molecule has 3 rings (SSSR count). The fourth-order valence-corrected chi connectivity index (χ4v) is 3.25. The summed E-state index contributed by atoms with van der Waals surface area (Å²) in [5.41, 5.74) is 1.91. The number of amides is 1.